The summed E-state index contributed by atoms with van der Waals surface area (Å²) in [6.07, 6.45) is 4.15. The number of H-pyrrole nitrogens is 1. The quantitative estimate of drug-likeness (QED) is 0.445. The fourth-order valence-corrected chi connectivity index (χ4v) is 6.34. The summed E-state index contributed by atoms with van der Waals surface area (Å²) >= 11 is 2.98. The molecule has 0 radical (unpaired) electrons. The molecule has 0 fully saturated rings. The van der Waals surface area contributed by atoms with E-state index in [0.717, 1.165) is 46.9 Å². The summed E-state index contributed by atoms with van der Waals surface area (Å²) in [5, 5.41) is 3.64. The van der Waals surface area contributed by atoms with E-state index in [0.29, 0.717) is 17.3 Å². The Kier molecular flexibility index (Phi) is 6.59. The van der Waals surface area contributed by atoms with Gasteiger partial charge in [0.1, 0.15) is 10.7 Å². The summed E-state index contributed by atoms with van der Waals surface area (Å²) in [7, 11) is -3.37. The van der Waals surface area contributed by atoms with E-state index in [1.807, 2.05) is 13.0 Å². The van der Waals surface area contributed by atoms with Crippen molar-refractivity contribution in [1.82, 2.24) is 15.3 Å². The average molecular weight is 493 g/mol. The number of nitrogens with zero attached hydrogens (tertiary/aromatic N) is 1. The van der Waals surface area contributed by atoms with Crippen LogP contribution in [-0.2, 0) is 33.4 Å². The Hall–Kier alpha value is -2.37. The number of nitrogens with one attached hydrogen (secondary N) is 3. The molecule has 3 N–H and O–H groups in total. The van der Waals surface area contributed by atoms with Gasteiger partial charge in [-0.2, -0.15) is 0 Å². The van der Waals surface area contributed by atoms with Crippen LogP contribution in [0, 0.1) is 0 Å². The number of aryl methyl sites for hydroxylation is 2. The van der Waals surface area contributed by atoms with E-state index >= 15 is 0 Å². The molecule has 1 atom stereocenters. The maximum absolute atomic E-state index is 12.5. The first-order valence-electron chi connectivity index (χ1n) is 10.2. The molecular formula is C21H24N4O4S3. The predicted octanol–water partition coefficient (Wildman–Crippen LogP) is 2.96. The van der Waals surface area contributed by atoms with Crippen molar-refractivity contribution < 1.29 is 13.2 Å². The van der Waals surface area contributed by atoms with Gasteiger partial charge in [0.05, 0.1) is 29.2 Å². The molecule has 0 bridgehead atoms. The molecule has 2 heterocycles. The Morgan fingerprint density at radius 2 is 2.16 bits per heavy atom. The molecule has 11 heteroatoms. The monoisotopic (exact) mass is 492 g/mol. The van der Waals surface area contributed by atoms with E-state index in [1.165, 1.54) is 16.6 Å². The van der Waals surface area contributed by atoms with Gasteiger partial charge in [-0.1, -0.05) is 12.1 Å². The molecule has 0 spiro atoms. The third-order valence-corrected chi connectivity index (χ3v) is 7.90. The number of rotatable bonds is 8. The maximum Gasteiger partial charge on any atom is 0.259 e. The summed E-state index contributed by atoms with van der Waals surface area (Å²) in [6, 6.07) is 6.63. The number of hydrogen-bond donors (Lipinski definition) is 3. The highest BCUT2D eigenvalue weighted by molar-refractivity contribution is 7.99. The van der Waals surface area contributed by atoms with Crippen LogP contribution in [0.5, 0.6) is 0 Å². The van der Waals surface area contributed by atoms with Gasteiger partial charge in [0.15, 0.2) is 0 Å². The van der Waals surface area contributed by atoms with Crippen LogP contribution in [0.2, 0.25) is 0 Å². The molecule has 1 aromatic carbocycles. The van der Waals surface area contributed by atoms with E-state index in [1.54, 1.807) is 29.5 Å². The molecule has 0 unspecified atom stereocenters. The van der Waals surface area contributed by atoms with E-state index in [2.05, 4.69) is 20.0 Å². The lowest BCUT2D eigenvalue weighted by Crippen LogP contribution is -2.28. The highest BCUT2D eigenvalue weighted by Gasteiger charge is 2.21. The number of sulfonamides is 1. The van der Waals surface area contributed by atoms with Crippen molar-refractivity contribution in [3.05, 3.63) is 56.4 Å². The number of benzene rings is 1. The lowest BCUT2D eigenvalue weighted by atomic mass is 10.1. The van der Waals surface area contributed by atoms with Gasteiger partial charge in [-0.25, -0.2) is 13.4 Å². The number of amides is 1. The number of hydrogen-bond acceptors (Lipinski definition) is 7. The highest BCUT2D eigenvalue weighted by Crippen LogP contribution is 2.34. The SMILES string of the molecule is C[C@H](NC(=O)CSCc1nc2sc3c(c2c(=O)[nH]1)CCC3)c1cccc(NS(C)(=O)=O)c1. The second-order valence-electron chi connectivity index (χ2n) is 7.83. The summed E-state index contributed by atoms with van der Waals surface area (Å²) in [5.41, 5.74) is 2.30. The van der Waals surface area contributed by atoms with Gasteiger partial charge in [-0.05, 0) is 49.4 Å². The first-order valence-corrected chi connectivity index (χ1v) is 14.0. The van der Waals surface area contributed by atoms with Gasteiger partial charge in [-0.15, -0.1) is 23.1 Å². The average Bonchev–Trinajstić information content (AvgIpc) is 3.27. The normalized spacial score (nSPS) is 14.3. The molecule has 2 aromatic heterocycles. The van der Waals surface area contributed by atoms with E-state index < -0.39 is 10.0 Å². The smallest absolute Gasteiger partial charge is 0.259 e. The van der Waals surface area contributed by atoms with Crippen LogP contribution in [0.25, 0.3) is 10.2 Å². The molecule has 3 aromatic rings. The molecule has 32 heavy (non-hydrogen) atoms. The largest absolute Gasteiger partial charge is 0.349 e. The highest BCUT2D eigenvalue weighted by atomic mass is 32.2. The van der Waals surface area contributed by atoms with Crippen molar-refractivity contribution in [3.8, 4) is 0 Å². The van der Waals surface area contributed by atoms with Gasteiger partial charge in [0.2, 0.25) is 15.9 Å². The van der Waals surface area contributed by atoms with Gasteiger partial charge in [0.25, 0.3) is 5.56 Å². The van der Waals surface area contributed by atoms with Crippen molar-refractivity contribution in [3.63, 3.8) is 0 Å². The Bertz CT molecular complexity index is 1330. The Balaban J connectivity index is 1.33. The van der Waals surface area contributed by atoms with Crippen molar-refractivity contribution in [2.75, 3.05) is 16.7 Å². The minimum atomic E-state index is -3.37. The van der Waals surface area contributed by atoms with Crippen molar-refractivity contribution in [2.24, 2.45) is 0 Å². The lowest BCUT2D eigenvalue weighted by molar-refractivity contribution is -0.119. The summed E-state index contributed by atoms with van der Waals surface area (Å²) in [6.45, 7) is 1.84. The minimum absolute atomic E-state index is 0.0920. The Morgan fingerprint density at radius 1 is 1.34 bits per heavy atom. The molecule has 1 aliphatic carbocycles. The summed E-state index contributed by atoms with van der Waals surface area (Å²) in [4.78, 5) is 34.4. The van der Waals surface area contributed by atoms with Crippen LogP contribution in [0.1, 0.15) is 41.2 Å². The van der Waals surface area contributed by atoms with Crippen molar-refractivity contribution >= 4 is 54.9 Å². The molecule has 170 valence electrons. The fourth-order valence-electron chi connectivity index (χ4n) is 3.81. The van der Waals surface area contributed by atoms with Crippen LogP contribution in [-0.4, -0.2) is 36.3 Å². The maximum atomic E-state index is 12.5. The van der Waals surface area contributed by atoms with Crippen LogP contribution in [0.15, 0.2) is 29.1 Å². The third-order valence-electron chi connectivity index (χ3n) is 5.16. The summed E-state index contributed by atoms with van der Waals surface area (Å²) < 4.78 is 25.3. The zero-order chi connectivity index (χ0) is 22.9. The molecule has 1 aliphatic rings. The number of anilines is 1. The number of thiophene rings is 1. The number of aromatic nitrogens is 2. The first kappa shape index (κ1) is 22.8. The van der Waals surface area contributed by atoms with Crippen molar-refractivity contribution in [2.45, 2.75) is 38.0 Å². The first-order chi connectivity index (χ1) is 15.2. The molecule has 8 nitrogen and oxygen atoms in total. The van der Waals surface area contributed by atoms with Gasteiger partial charge in [0, 0.05) is 10.6 Å². The molecule has 0 aliphatic heterocycles. The Labute approximate surface area is 194 Å². The van der Waals surface area contributed by atoms with Gasteiger partial charge in [-0.3, -0.25) is 14.3 Å². The minimum Gasteiger partial charge on any atom is -0.349 e. The molecular weight excluding hydrogens is 468 g/mol. The second kappa shape index (κ2) is 9.24. The van der Waals surface area contributed by atoms with E-state index in [4.69, 9.17) is 0 Å². The van der Waals surface area contributed by atoms with E-state index in [-0.39, 0.29) is 23.3 Å². The van der Waals surface area contributed by atoms with Gasteiger partial charge >= 0.3 is 0 Å². The van der Waals surface area contributed by atoms with Crippen molar-refractivity contribution in [1.29, 1.82) is 0 Å². The number of aromatic amines is 1. The Morgan fingerprint density at radius 3 is 2.94 bits per heavy atom. The number of fused-ring (bicyclic) bond motifs is 3. The fraction of sp³-hybridized carbons (Fsp3) is 0.381. The zero-order valence-electron chi connectivity index (χ0n) is 17.7. The second-order valence-corrected chi connectivity index (χ2v) is 11.6. The number of carbonyl (C=O) groups is 1. The molecule has 0 saturated carbocycles. The predicted molar refractivity (Wildman–Crippen MR) is 130 cm³/mol. The van der Waals surface area contributed by atoms with Gasteiger partial charge < -0.3 is 10.3 Å². The molecule has 0 saturated heterocycles. The van der Waals surface area contributed by atoms with Crippen LogP contribution in [0.4, 0.5) is 5.69 Å². The summed E-state index contributed by atoms with van der Waals surface area (Å²) in [5.74, 6) is 1.08. The standard InChI is InChI=1S/C21H24N4O4S3/c1-12(13-5-3-6-14(9-13)25-32(2,28)29)22-18(26)11-30-10-17-23-20(27)19-15-7-4-8-16(15)31-21(19)24-17/h3,5-6,9,12,25H,4,7-8,10-11H2,1-2H3,(H,22,26)(H,23,24,27)/t12-/m0/s1. The van der Waals surface area contributed by atoms with Crippen LogP contribution < -0.4 is 15.6 Å². The molecule has 4 rings (SSSR count). The number of carbonyl (C=O) groups excluding carboxylic acids is 1. The van der Waals surface area contributed by atoms with Crippen LogP contribution in [0.3, 0.4) is 0 Å². The topological polar surface area (TPSA) is 121 Å². The van der Waals surface area contributed by atoms with E-state index in [9.17, 15) is 18.0 Å². The third kappa shape index (κ3) is 5.33. The lowest BCUT2D eigenvalue weighted by Gasteiger charge is -2.15. The molecule has 1 amide bonds. The van der Waals surface area contributed by atoms with Crippen LogP contribution >= 0.6 is 23.1 Å². The number of thioether (sulfide) groups is 1. The zero-order valence-corrected chi connectivity index (χ0v) is 20.2.